The fourth-order valence-electron chi connectivity index (χ4n) is 10.4. The zero-order valence-corrected chi connectivity index (χ0v) is 53.4. The van der Waals surface area contributed by atoms with E-state index in [0.717, 1.165) is 66.1 Å². The van der Waals surface area contributed by atoms with Crippen molar-refractivity contribution in [3.05, 3.63) is 93.0 Å². The summed E-state index contributed by atoms with van der Waals surface area (Å²) in [5.74, 6) is -0.940. The summed E-state index contributed by atoms with van der Waals surface area (Å²) >= 11 is 0. The Balaban J connectivity index is 1.38. The lowest BCUT2D eigenvalue weighted by Crippen LogP contribution is -2.44. The van der Waals surface area contributed by atoms with Crippen molar-refractivity contribution >= 4 is 60.4 Å². The van der Waals surface area contributed by atoms with Gasteiger partial charge >= 0.3 is 16.5 Å². The summed E-state index contributed by atoms with van der Waals surface area (Å²) in [5, 5.41) is 3.99. The van der Waals surface area contributed by atoms with E-state index in [2.05, 4.69) is 215 Å². The summed E-state index contributed by atoms with van der Waals surface area (Å²) < 4.78 is 64.0. The third-order valence-electron chi connectivity index (χ3n) is 15.2. The Morgan fingerprint density at radius 2 is 0.697 bits per heavy atom. The Labute approximate surface area is 458 Å². The lowest BCUT2D eigenvalue weighted by molar-refractivity contribution is -0.218. The molecule has 2 aliphatic heterocycles. The third kappa shape index (κ3) is 11.7. The molecule has 0 saturated carbocycles. The minimum absolute atomic E-state index is 0.137. The molecular formula is C65H94O9P2. The summed E-state index contributed by atoms with van der Waals surface area (Å²) in [5.41, 5.74) is 10.5. The molecule has 6 aromatic rings. The molecule has 0 radical (unpaired) electrons. The van der Waals surface area contributed by atoms with E-state index in [4.69, 9.17) is 40.0 Å². The molecule has 0 unspecified atom stereocenters. The zero-order chi connectivity index (χ0) is 56.8. The first-order chi connectivity index (χ1) is 34.3. The largest absolute Gasteiger partial charge is 0.399 e. The van der Waals surface area contributed by atoms with Crippen LogP contribution in [0.25, 0.3) is 43.9 Å². The van der Waals surface area contributed by atoms with E-state index in [1.54, 1.807) is 0 Å². The van der Waals surface area contributed by atoms with Crippen molar-refractivity contribution in [3.8, 4) is 0 Å². The molecule has 76 heavy (non-hydrogen) atoms. The number of hydrogen-bond acceptors (Lipinski definition) is 9. The Morgan fingerprint density at radius 1 is 0.408 bits per heavy atom. The Kier molecular flexibility index (Phi) is 14.7. The first-order valence-electron chi connectivity index (χ1n) is 27.8. The van der Waals surface area contributed by atoms with Crippen LogP contribution in [0.5, 0.6) is 0 Å². The first-order valence-corrected chi connectivity index (χ1v) is 30.0. The van der Waals surface area contributed by atoms with Crippen LogP contribution in [0, 0.1) is 0 Å². The summed E-state index contributed by atoms with van der Waals surface area (Å²) in [4.78, 5) is 0. The van der Waals surface area contributed by atoms with Gasteiger partial charge in [-0.05, 0) is 111 Å². The van der Waals surface area contributed by atoms with Crippen LogP contribution >= 0.6 is 16.5 Å². The van der Waals surface area contributed by atoms with Gasteiger partial charge in [-0.1, -0.05) is 190 Å². The zero-order valence-electron chi connectivity index (χ0n) is 51.6. The SMILES string of the molecule is C[C@@H](Op1oc2c(C(C)(C)C)cc(C(C)(C)C)cc2c2cc(C(C)(C)C)cc(C(C)(C)C)c2o1)[C@H]1O[C@@H]2OC(C)(C)O[C@@H]2[C@@H]1Op1oc2c(C(C)(C)C)cc(C(C)(C)C)cc2c2cc(C(C)(C)C)cc(C(C)(C)C)c2o1. The molecular weight excluding hydrogens is 987 g/mol. The molecule has 0 amide bonds. The molecule has 4 heterocycles. The Hall–Kier alpha value is -3.52. The van der Waals surface area contributed by atoms with Gasteiger partial charge in [0.2, 0.25) is 0 Å². The lowest BCUT2D eigenvalue weighted by Gasteiger charge is -2.28. The van der Waals surface area contributed by atoms with Crippen LogP contribution in [0.4, 0.5) is 0 Å². The number of benzene rings is 4. The van der Waals surface area contributed by atoms with Crippen molar-refractivity contribution in [2.45, 2.75) is 267 Å². The number of fused-ring (bicyclic) bond motifs is 7. The highest BCUT2D eigenvalue weighted by atomic mass is 31.1. The van der Waals surface area contributed by atoms with Gasteiger partial charge in [-0.15, -0.1) is 0 Å². The van der Waals surface area contributed by atoms with E-state index < -0.39 is 53.0 Å². The molecule has 2 saturated heterocycles. The van der Waals surface area contributed by atoms with Crippen LogP contribution < -0.4 is 9.05 Å². The topological polar surface area (TPSA) is 98.7 Å². The highest BCUT2D eigenvalue weighted by molar-refractivity contribution is 7.32. The maximum absolute atomic E-state index is 7.40. The van der Waals surface area contributed by atoms with Gasteiger partial charge in [-0.2, -0.15) is 0 Å². The van der Waals surface area contributed by atoms with Gasteiger partial charge in [0, 0.05) is 43.8 Å². The van der Waals surface area contributed by atoms with Gasteiger partial charge in [0.25, 0.3) is 0 Å². The molecule has 418 valence electrons. The van der Waals surface area contributed by atoms with Crippen molar-refractivity contribution in [2.24, 2.45) is 0 Å². The van der Waals surface area contributed by atoms with Crippen LogP contribution in [-0.4, -0.2) is 36.5 Å². The van der Waals surface area contributed by atoms with Crippen LogP contribution in [0.15, 0.2) is 65.3 Å². The Morgan fingerprint density at radius 3 is 0.974 bits per heavy atom. The molecule has 2 fully saturated rings. The highest BCUT2D eigenvalue weighted by Crippen LogP contribution is 2.50. The average molecular weight is 1080 g/mol. The van der Waals surface area contributed by atoms with Gasteiger partial charge in [-0.25, -0.2) is 0 Å². The van der Waals surface area contributed by atoms with Gasteiger partial charge in [0.15, 0.2) is 12.1 Å². The molecule has 0 spiro atoms. The van der Waals surface area contributed by atoms with E-state index in [1.807, 2.05) is 20.8 Å². The van der Waals surface area contributed by atoms with E-state index in [-0.39, 0.29) is 43.3 Å². The minimum Gasteiger partial charge on any atom is -0.399 e. The second kappa shape index (κ2) is 19.1. The minimum atomic E-state index is -2.17. The predicted octanol–water partition coefficient (Wildman–Crippen LogP) is 19.5. The lowest BCUT2D eigenvalue weighted by atomic mass is 9.77. The predicted molar refractivity (Wildman–Crippen MR) is 317 cm³/mol. The van der Waals surface area contributed by atoms with Crippen molar-refractivity contribution in [1.29, 1.82) is 0 Å². The maximum atomic E-state index is 7.40. The standard InChI is InChI=1S/C65H94O9P2/c1-36(69-75-70-50-41(28-37(57(2,3)4)32-45(50)61(14,15)16)42-29-38(58(5,6)7)33-46(51(42)71-75)62(17,18)19)49-54(55-56(66-49)68-65(26,27)67-55)74-76-72-52-43(30-39(59(8,9)10)34-47(52)63(20,21)22)44-31-40(60(11,12)13)35-48(53(44)73-76)64(23,24)25/h28-36,49,54-56H,1-27H3/t36-,49-,54-,55-,56-/m1/s1. The molecule has 2 aromatic heterocycles. The normalized spacial score (nSPS) is 20.6. The highest BCUT2D eigenvalue weighted by Gasteiger charge is 2.58. The molecule has 0 bridgehead atoms. The third-order valence-corrected chi connectivity index (χ3v) is 17.5. The van der Waals surface area contributed by atoms with Crippen molar-refractivity contribution < 1.29 is 40.0 Å². The number of ether oxygens (including phenoxy) is 3. The molecule has 5 atom stereocenters. The second-order valence-electron chi connectivity index (χ2n) is 30.9. The molecule has 2 aliphatic rings. The number of hydrogen-bond donors (Lipinski definition) is 0. The Bertz CT molecular complexity index is 3090. The van der Waals surface area contributed by atoms with Gasteiger partial charge in [0.05, 0.1) is 6.10 Å². The van der Waals surface area contributed by atoms with E-state index >= 15 is 0 Å². The van der Waals surface area contributed by atoms with Crippen LogP contribution in [0.3, 0.4) is 0 Å². The van der Waals surface area contributed by atoms with Gasteiger partial charge in [0.1, 0.15) is 40.6 Å². The maximum Gasteiger partial charge on any atom is 0.387 e. The average Bonchev–Trinajstić information content (AvgIpc) is 3.57. The van der Waals surface area contributed by atoms with Crippen molar-refractivity contribution in [3.63, 3.8) is 0 Å². The molecule has 11 heteroatoms. The van der Waals surface area contributed by atoms with E-state index in [0.29, 0.717) is 0 Å². The molecule has 4 aromatic carbocycles. The van der Waals surface area contributed by atoms with Crippen LogP contribution in [-0.2, 0) is 57.5 Å². The first kappa shape index (κ1) is 58.6. The molecule has 8 rings (SSSR count). The monoisotopic (exact) mass is 1080 g/mol. The van der Waals surface area contributed by atoms with Gasteiger partial charge in [-0.3, -0.25) is 9.05 Å². The molecule has 0 aliphatic carbocycles. The van der Waals surface area contributed by atoms with E-state index in [1.165, 1.54) is 22.3 Å². The molecule has 0 N–H and O–H groups in total. The van der Waals surface area contributed by atoms with E-state index in [9.17, 15) is 0 Å². The number of rotatable bonds is 5. The fourth-order valence-corrected chi connectivity index (χ4v) is 12.8. The second-order valence-corrected chi connectivity index (χ2v) is 32.9. The summed E-state index contributed by atoms with van der Waals surface area (Å²) in [6.07, 6.45) is -3.56. The molecule has 9 nitrogen and oxygen atoms in total. The smallest absolute Gasteiger partial charge is 0.387 e. The van der Waals surface area contributed by atoms with Crippen LogP contribution in [0.1, 0.15) is 231 Å². The van der Waals surface area contributed by atoms with Crippen LogP contribution in [0.2, 0.25) is 0 Å². The summed E-state index contributed by atoms with van der Waals surface area (Å²) in [6, 6.07) is 18.5. The summed E-state index contributed by atoms with van der Waals surface area (Å²) in [6.45, 7) is 60.0. The fraction of sp³-hybridized carbons (Fsp3) is 0.631. The quantitative estimate of drug-likeness (QED) is 0.167. The summed E-state index contributed by atoms with van der Waals surface area (Å²) in [7, 11) is -4.28. The van der Waals surface area contributed by atoms with Crippen molar-refractivity contribution in [1.82, 2.24) is 0 Å². The van der Waals surface area contributed by atoms with Crippen molar-refractivity contribution in [2.75, 3.05) is 0 Å². The van der Waals surface area contributed by atoms with Gasteiger partial charge < -0.3 is 31.0 Å².